The Balaban J connectivity index is 1.37. The molecule has 1 fully saturated rings. The van der Waals surface area contributed by atoms with Crippen molar-refractivity contribution in [3.8, 4) is 5.75 Å². The van der Waals surface area contributed by atoms with Crippen LogP contribution in [0.1, 0.15) is 47.2 Å². The van der Waals surface area contributed by atoms with Crippen LogP contribution in [0.3, 0.4) is 0 Å². The molecular weight excluding hydrogens is 488 g/mol. The van der Waals surface area contributed by atoms with Gasteiger partial charge in [0.2, 0.25) is 0 Å². The van der Waals surface area contributed by atoms with Gasteiger partial charge in [0.05, 0.1) is 12.7 Å². The van der Waals surface area contributed by atoms with Gasteiger partial charge < -0.3 is 10.1 Å². The van der Waals surface area contributed by atoms with E-state index >= 15 is 0 Å². The van der Waals surface area contributed by atoms with Crippen molar-refractivity contribution in [3.63, 3.8) is 0 Å². The van der Waals surface area contributed by atoms with E-state index in [9.17, 15) is 13.2 Å². The topological polar surface area (TPSA) is 109 Å². The summed E-state index contributed by atoms with van der Waals surface area (Å²) in [6.45, 7) is 0.770. The summed E-state index contributed by atoms with van der Waals surface area (Å²) >= 11 is 0. The zero-order valence-electron chi connectivity index (χ0n) is 21.0. The molecule has 0 aliphatic heterocycles. The molecule has 8 nitrogen and oxygen atoms in total. The van der Waals surface area contributed by atoms with E-state index in [2.05, 4.69) is 31.9 Å². The highest BCUT2D eigenvalue weighted by Gasteiger charge is 2.38. The largest absolute Gasteiger partial charge is 0.496 e. The zero-order valence-corrected chi connectivity index (χ0v) is 21.8. The van der Waals surface area contributed by atoms with E-state index in [1.165, 1.54) is 0 Å². The number of benzene rings is 2. The molecule has 1 aliphatic carbocycles. The van der Waals surface area contributed by atoms with Crippen molar-refractivity contribution in [3.05, 3.63) is 95.8 Å². The summed E-state index contributed by atoms with van der Waals surface area (Å²) in [6, 6.07) is 20.9. The molecule has 0 radical (unpaired) electrons. The van der Waals surface area contributed by atoms with E-state index in [0.717, 1.165) is 24.0 Å². The van der Waals surface area contributed by atoms with Crippen LogP contribution in [0.25, 0.3) is 0 Å². The minimum atomic E-state index is -3.62. The van der Waals surface area contributed by atoms with Gasteiger partial charge >= 0.3 is 0 Å². The van der Waals surface area contributed by atoms with Gasteiger partial charge in [-0.2, -0.15) is 13.1 Å². The summed E-state index contributed by atoms with van der Waals surface area (Å²) in [4.78, 5) is 17.0. The first-order valence-electron chi connectivity index (χ1n) is 12.5. The second-order valence-corrected chi connectivity index (χ2v) is 11.0. The van der Waals surface area contributed by atoms with Gasteiger partial charge in [-0.05, 0) is 67.5 Å². The lowest BCUT2D eigenvalue weighted by atomic mass is 9.68. The molecule has 0 bridgehead atoms. The van der Waals surface area contributed by atoms with Crippen LogP contribution < -0.4 is 19.5 Å². The van der Waals surface area contributed by atoms with Crippen molar-refractivity contribution in [2.75, 3.05) is 20.2 Å². The summed E-state index contributed by atoms with van der Waals surface area (Å²) in [7, 11) is -2.07. The molecule has 1 heterocycles. The van der Waals surface area contributed by atoms with E-state index in [0.29, 0.717) is 43.7 Å². The number of para-hydroxylation sites is 1. The maximum Gasteiger partial charge on any atom is 0.277 e. The van der Waals surface area contributed by atoms with Crippen molar-refractivity contribution in [1.29, 1.82) is 0 Å². The summed E-state index contributed by atoms with van der Waals surface area (Å²) in [5.41, 5.74) is 2.38. The van der Waals surface area contributed by atoms with Gasteiger partial charge in [-0.15, -0.1) is 0 Å². The predicted octanol–water partition coefficient (Wildman–Crippen LogP) is 3.37. The van der Waals surface area contributed by atoms with Gasteiger partial charge in [0.1, 0.15) is 5.75 Å². The lowest BCUT2D eigenvalue weighted by Crippen LogP contribution is -2.49. The number of nitrogens with one attached hydrogen (secondary N) is 3. The van der Waals surface area contributed by atoms with Gasteiger partial charge in [-0.3, -0.25) is 9.78 Å². The number of hydrogen-bond donors (Lipinski definition) is 3. The molecule has 1 amide bonds. The molecule has 2 aromatic carbocycles. The van der Waals surface area contributed by atoms with Crippen LogP contribution in [0.5, 0.6) is 5.75 Å². The first-order valence-corrected chi connectivity index (χ1v) is 14.0. The van der Waals surface area contributed by atoms with Crippen molar-refractivity contribution in [2.24, 2.45) is 0 Å². The Kier molecular flexibility index (Phi) is 8.91. The Labute approximate surface area is 219 Å². The molecule has 0 saturated heterocycles. The third-order valence-electron chi connectivity index (χ3n) is 7.04. The highest BCUT2D eigenvalue weighted by atomic mass is 32.2. The second-order valence-electron chi connectivity index (χ2n) is 9.42. The third-order valence-corrected chi connectivity index (χ3v) is 8.27. The number of rotatable bonds is 11. The number of aromatic nitrogens is 1. The molecular formula is C28H34N4O4S. The molecule has 0 unspecified atom stereocenters. The van der Waals surface area contributed by atoms with Crippen LogP contribution in [-0.2, 0) is 22.0 Å². The number of carbonyl (C=O) groups excluding carboxylic acids is 1. The normalized spacial score (nSPS) is 19.8. The average molecular weight is 523 g/mol. The summed E-state index contributed by atoms with van der Waals surface area (Å²) < 4.78 is 36.1. The van der Waals surface area contributed by atoms with Crippen LogP contribution >= 0.6 is 0 Å². The van der Waals surface area contributed by atoms with Gasteiger partial charge in [0.25, 0.3) is 16.1 Å². The zero-order chi connectivity index (χ0) is 26.1. The van der Waals surface area contributed by atoms with E-state index in [4.69, 9.17) is 4.74 Å². The average Bonchev–Trinajstić information content (AvgIpc) is 2.93. The van der Waals surface area contributed by atoms with Crippen molar-refractivity contribution >= 4 is 16.1 Å². The molecule has 4 rings (SSSR count). The number of hydrogen-bond acceptors (Lipinski definition) is 5. The fourth-order valence-corrected chi connectivity index (χ4v) is 6.09. The minimum absolute atomic E-state index is 0.166. The Morgan fingerprint density at radius 2 is 1.68 bits per heavy atom. The lowest BCUT2D eigenvalue weighted by Gasteiger charge is -2.41. The minimum Gasteiger partial charge on any atom is -0.496 e. The van der Waals surface area contributed by atoms with Crippen LogP contribution in [0.15, 0.2) is 79.1 Å². The second kappa shape index (κ2) is 12.3. The summed E-state index contributed by atoms with van der Waals surface area (Å²) in [6.07, 6.45) is 6.82. The number of ether oxygens (including phenoxy) is 1. The third kappa shape index (κ3) is 7.15. The Morgan fingerprint density at radius 3 is 2.38 bits per heavy atom. The summed E-state index contributed by atoms with van der Waals surface area (Å²) in [5.74, 6) is 0.345. The molecule has 1 aliphatic rings. The Bertz CT molecular complexity index is 1260. The highest BCUT2D eigenvalue weighted by Crippen LogP contribution is 2.39. The molecule has 1 saturated carbocycles. The maximum absolute atomic E-state index is 13.0. The maximum atomic E-state index is 13.0. The molecule has 0 spiro atoms. The quantitative estimate of drug-likeness (QED) is 0.358. The molecule has 9 heteroatoms. The molecule has 0 atom stereocenters. The molecule has 3 aromatic rings. The van der Waals surface area contributed by atoms with Gasteiger partial charge in [0.15, 0.2) is 0 Å². The predicted molar refractivity (Wildman–Crippen MR) is 144 cm³/mol. The van der Waals surface area contributed by atoms with Crippen molar-refractivity contribution in [2.45, 2.75) is 43.6 Å². The molecule has 1 aromatic heterocycles. The highest BCUT2D eigenvalue weighted by molar-refractivity contribution is 7.87. The van der Waals surface area contributed by atoms with Crippen molar-refractivity contribution in [1.82, 2.24) is 19.7 Å². The van der Waals surface area contributed by atoms with Crippen LogP contribution in [-0.4, -0.2) is 45.6 Å². The molecule has 196 valence electrons. The number of methoxy groups -OCH3 is 1. The number of pyridine rings is 1. The van der Waals surface area contributed by atoms with Crippen molar-refractivity contribution < 1.29 is 17.9 Å². The standard InChI is InChI=1S/C28H34N4O4S/c1-36-26-10-6-5-9-25(26)27(33)30-21-28(23-7-3-2-4-8-23)16-11-24(12-17-28)32-37(34,35)31-20-15-22-13-18-29-19-14-22/h2-10,13-14,18-19,24,31-32H,11-12,15-17,20-21H2,1H3,(H,30,33)/t24-,28-. The first-order chi connectivity index (χ1) is 17.9. The smallest absolute Gasteiger partial charge is 0.277 e. The molecule has 3 N–H and O–H groups in total. The lowest BCUT2D eigenvalue weighted by molar-refractivity contribution is 0.0932. The van der Waals surface area contributed by atoms with E-state index in [-0.39, 0.29) is 17.4 Å². The van der Waals surface area contributed by atoms with E-state index in [1.54, 1.807) is 31.6 Å². The SMILES string of the molecule is COc1ccccc1C(=O)NC[C@]1(c2ccccc2)CC[C@H](NS(=O)(=O)NCCc2ccncc2)CC1. The number of amides is 1. The Morgan fingerprint density at radius 1 is 1.00 bits per heavy atom. The van der Waals surface area contributed by atoms with Gasteiger partial charge in [0, 0.05) is 36.9 Å². The van der Waals surface area contributed by atoms with Crippen LogP contribution in [0, 0.1) is 0 Å². The monoisotopic (exact) mass is 522 g/mol. The Hall–Kier alpha value is -3.27. The summed E-state index contributed by atoms with van der Waals surface area (Å²) in [5, 5.41) is 3.11. The first kappa shape index (κ1) is 26.8. The number of carbonyl (C=O) groups is 1. The molecule has 37 heavy (non-hydrogen) atoms. The van der Waals surface area contributed by atoms with Gasteiger partial charge in [-0.25, -0.2) is 4.72 Å². The fraction of sp³-hybridized carbons (Fsp3) is 0.357. The van der Waals surface area contributed by atoms with Crippen LogP contribution in [0.2, 0.25) is 0 Å². The van der Waals surface area contributed by atoms with Gasteiger partial charge in [-0.1, -0.05) is 42.5 Å². The van der Waals surface area contributed by atoms with E-state index in [1.807, 2.05) is 42.5 Å². The number of nitrogens with zero attached hydrogens (tertiary/aromatic N) is 1. The van der Waals surface area contributed by atoms with Crippen LogP contribution in [0.4, 0.5) is 0 Å². The fourth-order valence-electron chi connectivity index (χ4n) is 4.96. The van der Waals surface area contributed by atoms with E-state index < -0.39 is 10.2 Å².